The number of amides is 2. The molecule has 1 heterocycles. The van der Waals surface area contributed by atoms with Crippen LogP contribution in [0.2, 0.25) is 0 Å². The summed E-state index contributed by atoms with van der Waals surface area (Å²) >= 11 is 0. The van der Waals surface area contributed by atoms with E-state index in [0.29, 0.717) is 11.3 Å². The van der Waals surface area contributed by atoms with Gasteiger partial charge in [0.25, 0.3) is 5.91 Å². The average molecular weight is 350 g/mol. The lowest BCUT2D eigenvalue weighted by Crippen LogP contribution is -2.42. The first-order chi connectivity index (χ1) is 11.3. The molecule has 1 aromatic heterocycles. The van der Waals surface area contributed by atoms with Gasteiger partial charge >= 0.3 is 0 Å². The fourth-order valence-corrected chi connectivity index (χ4v) is 3.38. The predicted octanol–water partition coefficient (Wildman–Crippen LogP) is 0.560. The number of nitrogens with two attached hydrogens (primary N) is 1. The number of aromatic amines is 1. The highest BCUT2D eigenvalue weighted by atomic mass is 32.2. The Labute approximate surface area is 139 Å². The molecule has 0 bridgehead atoms. The molecule has 0 fully saturated rings. The molecule has 0 aliphatic carbocycles. The SMILES string of the molecule is CC(NS(=O)(=O)Cc1ccccc1)C(=O)Nc1c[nH]c(C(N)=O)c1. The zero-order chi connectivity index (χ0) is 17.7. The molecule has 1 unspecified atom stereocenters. The summed E-state index contributed by atoms with van der Waals surface area (Å²) in [6, 6.07) is 9.03. The molecule has 2 amide bonds. The van der Waals surface area contributed by atoms with Gasteiger partial charge < -0.3 is 16.0 Å². The highest BCUT2D eigenvalue weighted by Gasteiger charge is 2.21. The largest absolute Gasteiger partial charge is 0.364 e. The number of carbonyl (C=O) groups excluding carboxylic acids is 2. The maximum Gasteiger partial charge on any atom is 0.265 e. The third kappa shape index (κ3) is 4.93. The van der Waals surface area contributed by atoms with Crippen LogP contribution in [0.3, 0.4) is 0 Å². The van der Waals surface area contributed by atoms with E-state index in [2.05, 4.69) is 15.0 Å². The van der Waals surface area contributed by atoms with Crippen LogP contribution in [0.25, 0.3) is 0 Å². The van der Waals surface area contributed by atoms with Crippen LogP contribution in [-0.2, 0) is 20.6 Å². The molecular weight excluding hydrogens is 332 g/mol. The van der Waals surface area contributed by atoms with Crippen LogP contribution in [-0.4, -0.2) is 31.3 Å². The van der Waals surface area contributed by atoms with E-state index in [9.17, 15) is 18.0 Å². The molecule has 128 valence electrons. The molecule has 0 radical (unpaired) electrons. The van der Waals surface area contributed by atoms with Gasteiger partial charge in [0, 0.05) is 6.20 Å². The molecular formula is C15H18N4O4S. The van der Waals surface area contributed by atoms with E-state index < -0.39 is 27.9 Å². The van der Waals surface area contributed by atoms with Crippen molar-refractivity contribution in [1.82, 2.24) is 9.71 Å². The molecule has 0 aliphatic heterocycles. The molecule has 2 rings (SSSR count). The van der Waals surface area contributed by atoms with Crippen LogP contribution in [0.15, 0.2) is 42.6 Å². The van der Waals surface area contributed by atoms with Gasteiger partial charge in [-0.1, -0.05) is 30.3 Å². The van der Waals surface area contributed by atoms with Gasteiger partial charge in [0.2, 0.25) is 15.9 Å². The minimum atomic E-state index is -3.67. The third-order valence-electron chi connectivity index (χ3n) is 3.17. The molecule has 0 aliphatic rings. The van der Waals surface area contributed by atoms with E-state index in [1.54, 1.807) is 30.3 Å². The van der Waals surface area contributed by atoms with Crippen molar-refractivity contribution in [2.75, 3.05) is 5.32 Å². The second kappa shape index (κ2) is 7.28. The van der Waals surface area contributed by atoms with Crippen molar-refractivity contribution in [1.29, 1.82) is 0 Å². The quantitative estimate of drug-likeness (QED) is 0.580. The summed E-state index contributed by atoms with van der Waals surface area (Å²) in [5.74, 6) is -1.43. The lowest BCUT2D eigenvalue weighted by atomic mass is 10.2. The van der Waals surface area contributed by atoms with Crippen LogP contribution < -0.4 is 15.8 Å². The normalized spacial score (nSPS) is 12.5. The zero-order valence-corrected chi connectivity index (χ0v) is 13.8. The fourth-order valence-electron chi connectivity index (χ4n) is 2.02. The molecule has 0 saturated heterocycles. The summed E-state index contributed by atoms with van der Waals surface area (Å²) < 4.78 is 26.5. The lowest BCUT2D eigenvalue weighted by Gasteiger charge is -2.14. The van der Waals surface area contributed by atoms with E-state index in [1.807, 2.05) is 0 Å². The Morgan fingerprint density at radius 2 is 1.92 bits per heavy atom. The molecule has 24 heavy (non-hydrogen) atoms. The Hall–Kier alpha value is -2.65. The van der Waals surface area contributed by atoms with Crippen molar-refractivity contribution >= 4 is 27.5 Å². The standard InChI is InChI=1S/C15H18N4O4S/c1-10(15(21)18-12-7-13(14(16)20)17-8-12)19-24(22,23)9-11-5-3-2-4-6-11/h2-8,10,17,19H,9H2,1H3,(H2,16,20)(H,18,21). The fraction of sp³-hybridized carbons (Fsp3) is 0.200. The van der Waals surface area contributed by atoms with Gasteiger partial charge in [-0.3, -0.25) is 9.59 Å². The predicted molar refractivity (Wildman–Crippen MR) is 89.6 cm³/mol. The Balaban J connectivity index is 1.96. The van der Waals surface area contributed by atoms with Crippen LogP contribution in [0.4, 0.5) is 5.69 Å². The first-order valence-electron chi connectivity index (χ1n) is 7.10. The second-order valence-electron chi connectivity index (χ2n) is 5.24. The summed E-state index contributed by atoms with van der Waals surface area (Å²) in [4.78, 5) is 25.6. The Morgan fingerprint density at radius 1 is 1.25 bits per heavy atom. The summed E-state index contributed by atoms with van der Waals surface area (Å²) in [6.45, 7) is 1.43. The van der Waals surface area contributed by atoms with Crippen LogP contribution >= 0.6 is 0 Å². The number of nitrogens with one attached hydrogen (secondary N) is 3. The van der Waals surface area contributed by atoms with Gasteiger partial charge in [-0.15, -0.1) is 0 Å². The molecule has 0 saturated carbocycles. The number of anilines is 1. The Bertz CT molecular complexity index is 830. The van der Waals surface area contributed by atoms with Crippen molar-refractivity contribution in [3.05, 3.63) is 53.9 Å². The molecule has 2 aromatic rings. The minimum Gasteiger partial charge on any atom is -0.364 e. The summed E-state index contributed by atoms with van der Waals surface area (Å²) in [7, 11) is -3.67. The van der Waals surface area contributed by atoms with Crippen molar-refractivity contribution < 1.29 is 18.0 Å². The topological polar surface area (TPSA) is 134 Å². The van der Waals surface area contributed by atoms with Crippen molar-refractivity contribution in [2.24, 2.45) is 5.73 Å². The second-order valence-corrected chi connectivity index (χ2v) is 6.99. The molecule has 1 aromatic carbocycles. The highest BCUT2D eigenvalue weighted by Crippen LogP contribution is 2.10. The van der Waals surface area contributed by atoms with Crippen LogP contribution in [0.5, 0.6) is 0 Å². The van der Waals surface area contributed by atoms with Gasteiger partial charge in [0.1, 0.15) is 5.69 Å². The number of hydrogen-bond acceptors (Lipinski definition) is 4. The van der Waals surface area contributed by atoms with Crippen LogP contribution in [0, 0.1) is 0 Å². The van der Waals surface area contributed by atoms with Gasteiger partial charge in [0.15, 0.2) is 0 Å². The monoisotopic (exact) mass is 350 g/mol. The van der Waals surface area contributed by atoms with E-state index in [4.69, 9.17) is 5.73 Å². The first kappa shape index (κ1) is 17.7. The number of carbonyl (C=O) groups is 2. The van der Waals surface area contributed by atoms with E-state index in [0.717, 1.165) is 0 Å². The Kier molecular flexibility index (Phi) is 5.37. The van der Waals surface area contributed by atoms with E-state index in [1.165, 1.54) is 19.2 Å². The Morgan fingerprint density at radius 3 is 2.50 bits per heavy atom. The van der Waals surface area contributed by atoms with Crippen LogP contribution in [0.1, 0.15) is 23.0 Å². The van der Waals surface area contributed by atoms with Gasteiger partial charge in [-0.2, -0.15) is 0 Å². The number of aromatic nitrogens is 1. The average Bonchev–Trinajstić information content (AvgIpc) is 2.96. The van der Waals surface area contributed by atoms with Crippen molar-refractivity contribution in [2.45, 2.75) is 18.7 Å². The van der Waals surface area contributed by atoms with Gasteiger partial charge in [0.05, 0.1) is 17.5 Å². The maximum absolute atomic E-state index is 12.1. The summed E-state index contributed by atoms with van der Waals surface area (Å²) in [5, 5.41) is 2.50. The lowest BCUT2D eigenvalue weighted by molar-refractivity contribution is -0.117. The molecule has 0 spiro atoms. The van der Waals surface area contributed by atoms with Gasteiger partial charge in [-0.05, 0) is 18.6 Å². The molecule has 9 heteroatoms. The maximum atomic E-state index is 12.1. The minimum absolute atomic E-state index is 0.141. The summed E-state index contributed by atoms with van der Waals surface area (Å²) in [6.07, 6.45) is 1.39. The molecule has 5 N–H and O–H groups in total. The zero-order valence-electron chi connectivity index (χ0n) is 12.9. The number of H-pyrrole nitrogens is 1. The number of benzene rings is 1. The molecule has 1 atom stereocenters. The number of primary amides is 1. The van der Waals surface area contributed by atoms with Crippen molar-refractivity contribution in [3.8, 4) is 0 Å². The first-order valence-corrected chi connectivity index (χ1v) is 8.75. The third-order valence-corrected chi connectivity index (χ3v) is 4.59. The number of hydrogen-bond donors (Lipinski definition) is 4. The van der Waals surface area contributed by atoms with Gasteiger partial charge in [-0.25, -0.2) is 13.1 Å². The smallest absolute Gasteiger partial charge is 0.265 e. The van der Waals surface area contributed by atoms with Crippen molar-refractivity contribution in [3.63, 3.8) is 0 Å². The summed E-state index contributed by atoms with van der Waals surface area (Å²) in [5.41, 5.74) is 6.18. The highest BCUT2D eigenvalue weighted by molar-refractivity contribution is 7.88. The number of rotatable bonds is 7. The molecule has 8 nitrogen and oxygen atoms in total. The van der Waals surface area contributed by atoms with E-state index in [-0.39, 0.29) is 11.4 Å². The van der Waals surface area contributed by atoms with E-state index >= 15 is 0 Å². The number of sulfonamides is 1.